The summed E-state index contributed by atoms with van der Waals surface area (Å²) in [5, 5.41) is 0. The Labute approximate surface area is 356 Å². The summed E-state index contributed by atoms with van der Waals surface area (Å²) < 4.78 is 0. The van der Waals surface area contributed by atoms with E-state index in [1.807, 2.05) is 0 Å². The fourth-order valence-electron chi connectivity index (χ4n) is 10.9. The van der Waals surface area contributed by atoms with Crippen molar-refractivity contribution >= 4 is 11.4 Å². The molecule has 0 saturated heterocycles. The van der Waals surface area contributed by atoms with Crippen LogP contribution in [-0.2, 0) is 5.41 Å². The van der Waals surface area contributed by atoms with Crippen molar-refractivity contribution in [3.8, 4) is 0 Å². The molecule has 4 N–H and O–H groups in total. The minimum absolute atomic E-state index is 0.0163. The number of anilines is 2. The summed E-state index contributed by atoms with van der Waals surface area (Å²) in [4.78, 5) is 0. The quantitative estimate of drug-likeness (QED) is 0.0520. The Morgan fingerprint density at radius 2 is 0.879 bits per heavy atom. The predicted molar refractivity (Wildman–Crippen MR) is 255 cm³/mol. The Bertz CT molecular complexity index is 1630. The maximum absolute atomic E-state index is 6.28. The summed E-state index contributed by atoms with van der Waals surface area (Å²) in [6, 6.07) is 33.5. The molecule has 4 aromatic carbocycles. The molecule has 0 amide bonds. The van der Waals surface area contributed by atoms with Crippen molar-refractivity contribution in [2.45, 2.75) is 200 Å². The van der Waals surface area contributed by atoms with Gasteiger partial charge in [0.2, 0.25) is 0 Å². The van der Waals surface area contributed by atoms with Crippen molar-refractivity contribution in [1.29, 1.82) is 0 Å². The maximum Gasteiger partial charge on any atom is 0.0316 e. The van der Waals surface area contributed by atoms with Gasteiger partial charge >= 0.3 is 0 Å². The SMILES string of the molecule is CCCCCCCCCC(c1ccc(C(CCC)(c2ccc(C(CCCCCCCCC)c3ccc(N)cc3C)cc2)C2CCCCC2)cc1)c1ccc(N)cc1C. The minimum atomic E-state index is 0.0163. The second-order valence-corrected chi connectivity index (χ2v) is 18.5. The Morgan fingerprint density at radius 3 is 1.26 bits per heavy atom. The second kappa shape index (κ2) is 23.9. The smallest absolute Gasteiger partial charge is 0.0316 e. The summed E-state index contributed by atoms with van der Waals surface area (Å²) in [6.45, 7) is 11.5. The van der Waals surface area contributed by atoms with Crippen LogP contribution in [0.15, 0.2) is 84.9 Å². The molecule has 2 atom stereocenters. The van der Waals surface area contributed by atoms with Crippen molar-refractivity contribution in [1.82, 2.24) is 0 Å². The van der Waals surface area contributed by atoms with Crippen molar-refractivity contribution in [3.63, 3.8) is 0 Å². The Morgan fingerprint density at radius 1 is 0.483 bits per heavy atom. The third-order valence-corrected chi connectivity index (χ3v) is 14.1. The first-order valence-corrected chi connectivity index (χ1v) is 24.2. The standard InChI is InChI=1S/C56H82N2/c1-6-9-11-13-15-17-22-26-54(52-38-36-50(57)41-43(52)4)45-28-32-48(33-29-45)56(40-8-3,47-24-20-19-21-25-47)49-34-30-46(31-35-49)55(27-23-18-16-14-12-10-7-2)53-39-37-51(58)42-44(53)5/h28-39,41-42,47,54-55H,6-27,40,57-58H2,1-5H3. The highest BCUT2D eigenvalue weighted by atomic mass is 14.5. The molecule has 0 aromatic heterocycles. The van der Waals surface area contributed by atoms with E-state index in [0.29, 0.717) is 17.8 Å². The van der Waals surface area contributed by atoms with E-state index in [-0.39, 0.29) is 5.41 Å². The van der Waals surface area contributed by atoms with Crippen molar-refractivity contribution < 1.29 is 0 Å². The lowest BCUT2D eigenvalue weighted by molar-refractivity contribution is 0.224. The number of rotatable bonds is 25. The van der Waals surface area contributed by atoms with Gasteiger partial charge in [-0.15, -0.1) is 0 Å². The molecule has 5 rings (SSSR count). The van der Waals surface area contributed by atoms with E-state index in [0.717, 1.165) is 11.4 Å². The van der Waals surface area contributed by atoms with Gasteiger partial charge in [-0.25, -0.2) is 0 Å². The summed E-state index contributed by atoms with van der Waals surface area (Å²) >= 11 is 0. The third kappa shape index (κ3) is 12.3. The Kier molecular flexibility index (Phi) is 18.8. The highest BCUT2D eigenvalue weighted by Gasteiger charge is 2.41. The molecule has 1 saturated carbocycles. The van der Waals surface area contributed by atoms with E-state index in [1.165, 1.54) is 192 Å². The molecule has 0 spiro atoms. The van der Waals surface area contributed by atoms with Gasteiger partial charge in [-0.2, -0.15) is 0 Å². The minimum Gasteiger partial charge on any atom is -0.399 e. The van der Waals surface area contributed by atoms with Gasteiger partial charge in [0.25, 0.3) is 0 Å². The van der Waals surface area contributed by atoms with E-state index < -0.39 is 0 Å². The highest BCUT2D eigenvalue weighted by molar-refractivity contribution is 5.51. The monoisotopic (exact) mass is 783 g/mol. The number of hydrogen-bond donors (Lipinski definition) is 2. The first-order valence-electron chi connectivity index (χ1n) is 24.2. The average Bonchev–Trinajstić information content (AvgIpc) is 3.23. The number of unbranched alkanes of at least 4 members (excludes halogenated alkanes) is 12. The molecule has 2 heteroatoms. The summed E-state index contributed by atoms with van der Waals surface area (Å²) in [5.41, 5.74) is 25.8. The van der Waals surface area contributed by atoms with Crippen LogP contribution in [0.2, 0.25) is 0 Å². The topological polar surface area (TPSA) is 52.0 Å². The van der Waals surface area contributed by atoms with Gasteiger partial charge in [-0.05, 0) is 121 Å². The zero-order valence-corrected chi connectivity index (χ0v) is 37.7. The van der Waals surface area contributed by atoms with E-state index >= 15 is 0 Å². The zero-order chi connectivity index (χ0) is 41.2. The maximum atomic E-state index is 6.28. The summed E-state index contributed by atoms with van der Waals surface area (Å²) in [7, 11) is 0. The number of benzene rings is 4. The van der Waals surface area contributed by atoms with Crippen molar-refractivity contribution in [2.75, 3.05) is 11.5 Å². The third-order valence-electron chi connectivity index (χ3n) is 14.1. The Balaban J connectivity index is 1.47. The molecular weight excluding hydrogens is 701 g/mol. The molecule has 1 aliphatic carbocycles. The van der Waals surface area contributed by atoms with Gasteiger partial charge in [-0.3, -0.25) is 0 Å². The van der Waals surface area contributed by atoms with Crippen molar-refractivity contribution in [2.24, 2.45) is 5.92 Å². The van der Waals surface area contributed by atoms with Gasteiger partial charge in [0, 0.05) is 28.6 Å². The van der Waals surface area contributed by atoms with E-state index in [9.17, 15) is 0 Å². The molecule has 2 unspecified atom stereocenters. The van der Waals surface area contributed by atoms with Crippen LogP contribution in [0.3, 0.4) is 0 Å². The van der Waals surface area contributed by atoms with Gasteiger partial charge < -0.3 is 11.5 Å². The fraction of sp³-hybridized carbons (Fsp3) is 0.571. The van der Waals surface area contributed by atoms with E-state index in [2.05, 4.69) is 120 Å². The lowest BCUT2D eigenvalue weighted by atomic mass is 9.59. The molecular formula is C56H82N2. The lowest BCUT2D eigenvalue weighted by Crippen LogP contribution is -2.38. The van der Waals surface area contributed by atoms with Crippen LogP contribution in [-0.4, -0.2) is 0 Å². The van der Waals surface area contributed by atoms with Crippen LogP contribution in [0.5, 0.6) is 0 Å². The molecule has 4 aromatic rings. The molecule has 0 aliphatic heterocycles. The average molecular weight is 783 g/mol. The van der Waals surface area contributed by atoms with Crippen LogP contribution in [0.4, 0.5) is 11.4 Å². The van der Waals surface area contributed by atoms with E-state index in [1.54, 1.807) is 0 Å². The van der Waals surface area contributed by atoms with Crippen LogP contribution in [0.25, 0.3) is 0 Å². The number of nitrogens with two attached hydrogens (primary N) is 2. The van der Waals surface area contributed by atoms with Gasteiger partial charge in [-0.1, -0.05) is 197 Å². The molecule has 0 heterocycles. The molecule has 316 valence electrons. The molecule has 2 nitrogen and oxygen atoms in total. The number of aryl methyl sites for hydroxylation is 2. The molecule has 1 fully saturated rings. The van der Waals surface area contributed by atoms with E-state index in [4.69, 9.17) is 11.5 Å². The molecule has 0 bridgehead atoms. The normalized spacial score (nSPS) is 15.6. The van der Waals surface area contributed by atoms with Crippen LogP contribution >= 0.6 is 0 Å². The van der Waals surface area contributed by atoms with Gasteiger partial charge in [0.1, 0.15) is 0 Å². The largest absolute Gasteiger partial charge is 0.399 e. The second-order valence-electron chi connectivity index (χ2n) is 18.5. The van der Waals surface area contributed by atoms with Crippen LogP contribution < -0.4 is 11.5 Å². The number of hydrogen-bond acceptors (Lipinski definition) is 2. The Hall–Kier alpha value is -3.52. The van der Waals surface area contributed by atoms with Crippen molar-refractivity contribution in [3.05, 3.63) is 129 Å². The van der Waals surface area contributed by atoms with Crippen LogP contribution in [0.1, 0.15) is 225 Å². The van der Waals surface area contributed by atoms with Gasteiger partial charge in [0.05, 0.1) is 0 Å². The predicted octanol–water partition coefficient (Wildman–Crippen LogP) is 16.7. The molecule has 1 aliphatic rings. The first kappa shape index (κ1) is 45.6. The molecule has 58 heavy (non-hydrogen) atoms. The fourth-order valence-corrected chi connectivity index (χ4v) is 10.9. The van der Waals surface area contributed by atoms with Gasteiger partial charge in [0.15, 0.2) is 0 Å². The summed E-state index contributed by atoms with van der Waals surface area (Å²) in [5.74, 6) is 1.44. The lowest BCUT2D eigenvalue weighted by Gasteiger charge is -2.44. The summed E-state index contributed by atoms with van der Waals surface area (Å²) in [6.07, 6.45) is 30.2. The highest BCUT2D eigenvalue weighted by Crippen LogP contribution is 2.50. The zero-order valence-electron chi connectivity index (χ0n) is 37.7. The molecule has 0 radical (unpaired) electrons. The van der Waals surface area contributed by atoms with Crippen LogP contribution in [0, 0.1) is 19.8 Å². The number of nitrogen functional groups attached to an aromatic ring is 2. The first-order chi connectivity index (χ1) is 28.3.